The highest BCUT2D eigenvalue weighted by Crippen LogP contribution is 2.19. The standard InChI is InChI=1S/C17H21N/c1-3-8-16(9-4-1)12-7-14-18-15-13-17-10-5-2-6-11-17/h1,3-4,8-10,18H,2,5-6,11,13-15H2. The summed E-state index contributed by atoms with van der Waals surface area (Å²) in [7, 11) is 0. The van der Waals surface area contributed by atoms with E-state index in [2.05, 4.69) is 23.2 Å². The lowest BCUT2D eigenvalue weighted by Crippen LogP contribution is -2.16. The Kier molecular flexibility index (Phi) is 5.56. The van der Waals surface area contributed by atoms with E-state index in [-0.39, 0.29) is 0 Å². The molecule has 94 valence electrons. The summed E-state index contributed by atoms with van der Waals surface area (Å²) in [5.41, 5.74) is 2.72. The first-order chi connectivity index (χ1) is 8.95. The van der Waals surface area contributed by atoms with Crippen molar-refractivity contribution in [1.82, 2.24) is 5.32 Å². The molecule has 1 aliphatic rings. The fraction of sp³-hybridized carbons (Fsp3) is 0.412. The molecule has 1 nitrogen and oxygen atoms in total. The van der Waals surface area contributed by atoms with Crippen molar-refractivity contribution in [3.63, 3.8) is 0 Å². The monoisotopic (exact) mass is 239 g/mol. The van der Waals surface area contributed by atoms with Crippen LogP contribution in [0.5, 0.6) is 0 Å². The summed E-state index contributed by atoms with van der Waals surface area (Å²) in [4.78, 5) is 0. The summed E-state index contributed by atoms with van der Waals surface area (Å²) < 4.78 is 0. The smallest absolute Gasteiger partial charge is 0.0580 e. The van der Waals surface area contributed by atoms with Gasteiger partial charge in [0, 0.05) is 5.56 Å². The summed E-state index contributed by atoms with van der Waals surface area (Å²) in [5.74, 6) is 6.31. The predicted molar refractivity (Wildman–Crippen MR) is 77.4 cm³/mol. The van der Waals surface area contributed by atoms with Gasteiger partial charge in [-0.25, -0.2) is 0 Å². The van der Waals surface area contributed by atoms with E-state index < -0.39 is 0 Å². The van der Waals surface area contributed by atoms with E-state index in [1.807, 2.05) is 30.3 Å². The minimum absolute atomic E-state index is 0.780. The molecule has 0 atom stereocenters. The predicted octanol–water partition coefficient (Wildman–Crippen LogP) is 3.52. The van der Waals surface area contributed by atoms with E-state index in [1.54, 1.807) is 5.57 Å². The normalized spacial score (nSPS) is 14.6. The first-order valence-corrected chi connectivity index (χ1v) is 6.88. The second-order valence-electron chi connectivity index (χ2n) is 4.70. The molecular formula is C17H21N. The molecule has 0 bridgehead atoms. The molecule has 0 spiro atoms. The molecule has 1 aromatic rings. The number of allylic oxidation sites excluding steroid dienone is 1. The molecule has 0 unspecified atom stereocenters. The Labute approximate surface area is 110 Å². The molecule has 0 fully saturated rings. The van der Waals surface area contributed by atoms with Crippen molar-refractivity contribution in [2.24, 2.45) is 0 Å². The van der Waals surface area contributed by atoms with Crippen LogP contribution in [0.2, 0.25) is 0 Å². The number of hydrogen-bond donors (Lipinski definition) is 1. The minimum atomic E-state index is 0.780. The van der Waals surface area contributed by atoms with Gasteiger partial charge >= 0.3 is 0 Å². The number of nitrogens with one attached hydrogen (secondary N) is 1. The number of rotatable bonds is 4. The highest BCUT2D eigenvalue weighted by atomic mass is 14.8. The summed E-state index contributed by atoms with van der Waals surface area (Å²) in [5, 5.41) is 3.39. The van der Waals surface area contributed by atoms with E-state index in [0.717, 1.165) is 18.7 Å². The summed E-state index contributed by atoms with van der Waals surface area (Å²) >= 11 is 0. The Bertz CT molecular complexity index is 434. The molecule has 18 heavy (non-hydrogen) atoms. The topological polar surface area (TPSA) is 12.0 Å². The third-order valence-electron chi connectivity index (χ3n) is 3.23. The lowest BCUT2D eigenvalue weighted by atomic mass is 9.97. The van der Waals surface area contributed by atoms with Gasteiger partial charge in [-0.15, -0.1) is 0 Å². The zero-order chi connectivity index (χ0) is 12.5. The zero-order valence-corrected chi connectivity index (χ0v) is 10.9. The summed E-state index contributed by atoms with van der Waals surface area (Å²) in [6.45, 7) is 1.83. The molecule has 0 amide bonds. The van der Waals surface area contributed by atoms with Crippen molar-refractivity contribution in [3.8, 4) is 11.8 Å². The maximum Gasteiger partial charge on any atom is 0.0580 e. The molecule has 1 aliphatic carbocycles. The van der Waals surface area contributed by atoms with E-state index in [9.17, 15) is 0 Å². The molecule has 0 aromatic heterocycles. The third-order valence-corrected chi connectivity index (χ3v) is 3.23. The van der Waals surface area contributed by atoms with Gasteiger partial charge in [-0.2, -0.15) is 0 Å². The molecular weight excluding hydrogens is 218 g/mol. The van der Waals surface area contributed by atoms with Gasteiger partial charge in [-0.1, -0.05) is 41.7 Å². The Morgan fingerprint density at radius 1 is 1.11 bits per heavy atom. The highest BCUT2D eigenvalue weighted by Gasteiger charge is 2.02. The lowest BCUT2D eigenvalue weighted by Gasteiger charge is -2.12. The lowest BCUT2D eigenvalue weighted by molar-refractivity contribution is 0.652. The van der Waals surface area contributed by atoms with E-state index in [1.165, 1.54) is 32.1 Å². The van der Waals surface area contributed by atoms with Crippen molar-refractivity contribution in [2.75, 3.05) is 13.1 Å². The maximum absolute atomic E-state index is 3.39. The van der Waals surface area contributed by atoms with Crippen molar-refractivity contribution < 1.29 is 0 Å². The molecule has 1 heteroatoms. The number of benzene rings is 1. The van der Waals surface area contributed by atoms with Gasteiger partial charge < -0.3 is 5.32 Å². The first kappa shape index (κ1) is 12.9. The van der Waals surface area contributed by atoms with Crippen LogP contribution in [0.1, 0.15) is 37.7 Å². The average Bonchev–Trinajstić information content (AvgIpc) is 2.45. The zero-order valence-electron chi connectivity index (χ0n) is 10.9. The fourth-order valence-electron chi connectivity index (χ4n) is 2.20. The molecule has 2 rings (SSSR count). The van der Waals surface area contributed by atoms with E-state index in [0.29, 0.717) is 0 Å². The maximum atomic E-state index is 3.39. The third kappa shape index (κ3) is 4.77. The molecule has 0 heterocycles. The highest BCUT2D eigenvalue weighted by molar-refractivity contribution is 5.33. The van der Waals surface area contributed by atoms with Crippen molar-refractivity contribution >= 4 is 0 Å². The van der Waals surface area contributed by atoms with Crippen molar-refractivity contribution in [2.45, 2.75) is 32.1 Å². The quantitative estimate of drug-likeness (QED) is 0.481. The molecule has 0 saturated heterocycles. The van der Waals surface area contributed by atoms with Gasteiger partial charge in [0.15, 0.2) is 0 Å². The van der Waals surface area contributed by atoms with Crippen molar-refractivity contribution in [1.29, 1.82) is 0 Å². The fourth-order valence-corrected chi connectivity index (χ4v) is 2.20. The Morgan fingerprint density at radius 3 is 2.78 bits per heavy atom. The van der Waals surface area contributed by atoms with Crippen LogP contribution >= 0.6 is 0 Å². The minimum Gasteiger partial charge on any atom is -0.306 e. The first-order valence-electron chi connectivity index (χ1n) is 6.88. The van der Waals surface area contributed by atoms with Gasteiger partial charge in [-0.3, -0.25) is 0 Å². The molecule has 0 saturated carbocycles. The van der Waals surface area contributed by atoms with E-state index in [4.69, 9.17) is 0 Å². The Balaban J connectivity index is 1.62. The molecule has 0 aliphatic heterocycles. The van der Waals surface area contributed by atoms with Crippen LogP contribution in [0.25, 0.3) is 0 Å². The SMILES string of the molecule is C(#Cc1ccccc1)CNCCC1=CCCCC1. The van der Waals surface area contributed by atoms with Gasteiger partial charge in [0.05, 0.1) is 6.54 Å². The van der Waals surface area contributed by atoms with Crippen LogP contribution in [-0.4, -0.2) is 13.1 Å². The van der Waals surface area contributed by atoms with Crippen LogP contribution in [0.4, 0.5) is 0 Å². The summed E-state index contributed by atoms with van der Waals surface area (Å²) in [6.07, 6.45) is 8.94. The van der Waals surface area contributed by atoms with Crippen LogP contribution in [0, 0.1) is 11.8 Å². The molecule has 1 N–H and O–H groups in total. The van der Waals surface area contributed by atoms with Crippen LogP contribution in [0.3, 0.4) is 0 Å². The van der Waals surface area contributed by atoms with Crippen molar-refractivity contribution in [3.05, 3.63) is 47.5 Å². The van der Waals surface area contributed by atoms with Gasteiger partial charge in [0.25, 0.3) is 0 Å². The Hall–Kier alpha value is -1.52. The van der Waals surface area contributed by atoms with Crippen LogP contribution < -0.4 is 5.32 Å². The van der Waals surface area contributed by atoms with Crippen LogP contribution in [-0.2, 0) is 0 Å². The summed E-state index contributed by atoms with van der Waals surface area (Å²) in [6, 6.07) is 10.1. The van der Waals surface area contributed by atoms with Crippen LogP contribution in [0.15, 0.2) is 42.0 Å². The van der Waals surface area contributed by atoms with Gasteiger partial charge in [-0.05, 0) is 50.8 Å². The molecule has 0 radical (unpaired) electrons. The van der Waals surface area contributed by atoms with E-state index >= 15 is 0 Å². The molecule has 1 aromatic carbocycles. The average molecular weight is 239 g/mol. The largest absolute Gasteiger partial charge is 0.306 e. The Morgan fingerprint density at radius 2 is 2.00 bits per heavy atom. The second kappa shape index (κ2) is 7.74. The van der Waals surface area contributed by atoms with Gasteiger partial charge in [0.1, 0.15) is 0 Å². The number of hydrogen-bond acceptors (Lipinski definition) is 1. The van der Waals surface area contributed by atoms with Gasteiger partial charge in [0.2, 0.25) is 0 Å². The second-order valence-corrected chi connectivity index (χ2v) is 4.70.